The predicted octanol–water partition coefficient (Wildman–Crippen LogP) is 11.0. The van der Waals surface area contributed by atoms with E-state index in [2.05, 4.69) is 83.0 Å². The number of carbonyl (C=O) groups excluding carboxylic acids is 1. The molecule has 0 spiro atoms. The third-order valence-electron chi connectivity index (χ3n) is 9.52. The van der Waals surface area contributed by atoms with Crippen LogP contribution in [-0.2, 0) is 24.3 Å². The minimum Gasteiger partial charge on any atom is -0.480 e. The Labute approximate surface area is 321 Å². The first-order valence-electron chi connectivity index (χ1n) is 17.9. The predicted molar refractivity (Wildman–Crippen MR) is 220 cm³/mol. The Balaban J connectivity index is 1.16. The maximum absolute atomic E-state index is 14.1. The minimum atomic E-state index is -1.16. The average Bonchev–Trinajstić information content (AvgIpc) is 3.22. The molecule has 0 fully saturated rings. The summed E-state index contributed by atoms with van der Waals surface area (Å²) in [5.74, 6) is -1.63. The summed E-state index contributed by atoms with van der Waals surface area (Å²) < 4.78 is 0. The molecule has 0 radical (unpaired) electrons. The highest BCUT2D eigenvalue weighted by molar-refractivity contribution is 6.31. The molecule has 7 aromatic rings. The lowest BCUT2D eigenvalue weighted by atomic mass is 10.00. The van der Waals surface area contributed by atoms with Gasteiger partial charge in [0.25, 0.3) is 5.91 Å². The van der Waals surface area contributed by atoms with Gasteiger partial charge in [-0.05, 0) is 68.3 Å². The molecule has 0 bridgehead atoms. The molecule has 0 aliphatic rings. The highest BCUT2D eigenvalue weighted by Gasteiger charge is 2.25. The molecular formula is C48H39ClN2O3. The molecule has 0 saturated carbocycles. The molecule has 0 aliphatic heterocycles. The van der Waals surface area contributed by atoms with Crippen LogP contribution < -0.4 is 10.2 Å². The lowest BCUT2D eigenvalue weighted by Crippen LogP contribution is -2.42. The average molecular weight is 727 g/mol. The fraction of sp³-hybridized carbons (Fsp3) is 0.0833. The van der Waals surface area contributed by atoms with Crippen molar-refractivity contribution in [1.82, 2.24) is 5.32 Å². The fourth-order valence-corrected chi connectivity index (χ4v) is 6.81. The van der Waals surface area contributed by atoms with Gasteiger partial charge in [-0.2, -0.15) is 0 Å². The maximum atomic E-state index is 14.1. The summed E-state index contributed by atoms with van der Waals surface area (Å²) >= 11 is 6.52. The highest BCUT2D eigenvalue weighted by atomic mass is 35.5. The van der Waals surface area contributed by atoms with Gasteiger partial charge in [-0.25, -0.2) is 4.79 Å². The molecule has 6 heteroatoms. The maximum Gasteiger partial charge on any atom is 0.326 e. The molecule has 0 saturated heterocycles. The van der Waals surface area contributed by atoms with E-state index in [1.807, 2.05) is 97.1 Å². The molecule has 54 heavy (non-hydrogen) atoms. The van der Waals surface area contributed by atoms with Crippen molar-refractivity contribution in [1.29, 1.82) is 0 Å². The lowest BCUT2D eigenvalue weighted by Gasteiger charge is -2.28. The van der Waals surface area contributed by atoms with E-state index in [0.717, 1.165) is 50.1 Å². The van der Waals surface area contributed by atoms with Crippen LogP contribution in [0.1, 0.15) is 27.0 Å². The van der Waals surface area contributed by atoms with Crippen molar-refractivity contribution >= 4 is 29.2 Å². The molecule has 5 nitrogen and oxygen atoms in total. The summed E-state index contributed by atoms with van der Waals surface area (Å²) in [6, 6.07) is 59.1. The molecule has 2 N–H and O–H groups in total. The van der Waals surface area contributed by atoms with Gasteiger partial charge in [-0.1, -0.05) is 175 Å². The first kappa shape index (κ1) is 36.0. The summed E-state index contributed by atoms with van der Waals surface area (Å²) in [6.45, 7) is 0.987. The van der Waals surface area contributed by atoms with Crippen LogP contribution in [0.3, 0.4) is 0 Å². The van der Waals surface area contributed by atoms with Crippen LogP contribution in [0, 0.1) is 0 Å². The number of hydrogen-bond donors (Lipinski definition) is 2. The SMILES string of the molecule is O=C(N[C@H](Cc1ccc(-c2ccccc2)cc1)C(=O)O)c1cc(Cl)ccc1N(Cc1ccc(-c2ccccc2)cc1)Cc1ccc(-c2ccccc2)cc1. The zero-order chi connectivity index (χ0) is 37.3. The van der Waals surface area contributed by atoms with Gasteiger partial charge in [0, 0.05) is 24.5 Å². The Kier molecular flexibility index (Phi) is 11.3. The number of nitrogens with zero attached hydrogens (tertiary/aromatic N) is 1. The lowest BCUT2D eigenvalue weighted by molar-refractivity contribution is -0.139. The van der Waals surface area contributed by atoms with Crippen LogP contribution in [0.15, 0.2) is 182 Å². The minimum absolute atomic E-state index is 0.122. The van der Waals surface area contributed by atoms with Gasteiger partial charge >= 0.3 is 5.97 Å². The molecule has 0 aromatic heterocycles. The number of benzene rings is 7. The van der Waals surface area contributed by atoms with Crippen molar-refractivity contribution in [3.63, 3.8) is 0 Å². The Morgan fingerprint density at radius 1 is 0.519 bits per heavy atom. The second-order valence-corrected chi connectivity index (χ2v) is 13.7. The number of amides is 1. The van der Waals surface area contributed by atoms with E-state index in [0.29, 0.717) is 29.4 Å². The van der Waals surface area contributed by atoms with Crippen LogP contribution in [0.5, 0.6) is 0 Å². The zero-order valence-corrected chi connectivity index (χ0v) is 30.4. The van der Waals surface area contributed by atoms with Crippen LogP contribution in [0.2, 0.25) is 5.02 Å². The van der Waals surface area contributed by atoms with Gasteiger partial charge in [0.2, 0.25) is 0 Å². The molecule has 0 heterocycles. The Bertz CT molecular complexity index is 2230. The first-order valence-corrected chi connectivity index (χ1v) is 18.3. The van der Waals surface area contributed by atoms with Crippen molar-refractivity contribution in [2.24, 2.45) is 0 Å². The van der Waals surface area contributed by atoms with E-state index >= 15 is 0 Å². The third-order valence-corrected chi connectivity index (χ3v) is 9.75. The summed E-state index contributed by atoms with van der Waals surface area (Å²) in [4.78, 5) is 28.8. The number of hydrogen-bond acceptors (Lipinski definition) is 3. The molecule has 266 valence electrons. The van der Waals surface area contributed by atoms with Crippen molar-refractivity contribution in [3.05, 3.63) is 209 Å². The van der Waals surface area contributed by atoms with Crippen molar-refractivity contribution in [3.8, 4) is 33.4 Å². The molecule has 7 rings (SSSR count). The van der Waals surface area contributed by atoms with E-state index in [1.165, 1.54) is 0 Å². The summed E-state index contributed by atoms with van der Waals surface area (Å²) in [5, 5.41) is 13.4. The standard InChI is InChI=1S/C48H39ClN2O3/c49-43-28-29-46(44(31-43)47(52)50-45(48(53)54)30-34-16-22-40(23-17-34)37-10-4-1-5-11-37)51(32-35-18-24-41(25-19-35)38-12-6-2-7-13-38)33-36-20-26-42(27-21-36)39-14-8-3-9-15-39/h1-29,31,45H,30,32-33H2,(H,50,52)(H,53,54)/t45-/m1/s1. The molecule has 0 unspecified atom stereocenters. The molecular weight excluding hydrogens is 688 g/mol. The van der Waals surface area contributed by atoms with Crippen molar-refractivity contribution in [2.75, 3.05) is 4.90 Å². The monoisotopic (exact) mass is 726 g/mol. The van der Waals surface area contributed by atoms with Crippen molar-refractivity contribution in [2.45, 2.75) is 25.6 Å². The number of halogens is 1. The van der Waals surface area contributed by atoms with Crippen LogP contribution >= 0.6 is 11.6 Å². The first-order chi connectivity index (χ1) is 26.4. The number of nitrogens with one attached hydrogen (secondary N) is 1. The molecule has 1 amide bonds. The number of aliphatic carboxylic acids is 1. The van der Waals surface area contributed by atoms with Gasteiger partial charge in [0.15, 0.2) is 0 Å². The summed E-state index contributed by atoms with van der Waals surface area (Å²) in [6.07, 6.45) is 0.122. The van der Waals surface area contributed by atoms with E-state index in [4.69, 9.17) is 11.6 Å². The summed E-state index contributed by atoms with van der Waals surface area (Å²) in [7, 11) is 0. The third kappa shape index (κ3) is 8.95. The topological polar surface area (TPSA) is 69.6 Å². The number of carboxylic acids is 1. The second kappa shape index (κ2) is 16.9. The fourth-order valence-electron chi connectivity index (χ4n) is 6.63. The second-order valence-electron chi connectivity index (χ2n) is 13.3. The number of carbonyl (C=O) groups is 2. The van der Waals surface area contributed by atoms with Gasteiger partial charge in [-0.15, -0.1) is 0 Å². The van der Waals surface area contributed by atoms with Gasteiger partial charge in [0.05, 0.1) is 11.3 Å². The molecule has 7 aromatic carbocycles. The van der Waals surface area contributed by atoms with Gasteiger partial charge in [-0.3, -0.25) is 4.79 Å². The summed E-state index contributed by atoms with van der Waals surface area (Å²) in [5.41, 5.74) is 10.5. The van der Waals surface area contributed by atoms with Gasteiger partial charge in [0.1, 0.15) is 6.04 Å². The Morgan fingerprint density at radius 3 is 1.31 bits per heavy atom. The van der Waals surface area contributed by atoms with Crippen LogP contribution in [0.25, 0.3) is 33.4 Å². The van der Waals surface area contributed by atoms with E-state index in [1.54, 1.807) is 12.1 Å². The largest absolute Gasteiger partial charge is 0.480 e. The molecule has 1 atom stereocenters. The normalized spacial score (nSPS) is 11.4. The van der Waals surface area contributed by atoms with Gasteiger partial charge < -0.3 is 15.3 Å². The van der Waals surface area contributed by atoms with Crippen LogP contribution in [0.4, 0.5) is 5.69 Å². The smallest absolute Gasteiger partial charge is 0.326 e. The quantitative estimate of drug-likeness (QED) is 0.124. The Morgan fingerprint density at radius 2 is 0.907 bits per heavy atom. The van der Waals surface area contributed by atoms with Crippen molar-refractivity contribution < 1.29 is 14.7 Å². The van der Waals surface area contributed by atoms with E-state index in [-0.39, 0.29) is 6.42 Å². The zero-order valence-electron chi connectivity index (χ0n) is 29.6. The number of anilines is 1. The molecule has 0 aliphatic carbocycles. The number of carboxylic acid groups (broad SMARTS) is 1. The van der Waals surface area contributed by atoms with E-state index in [9.17, 15) is 14.7 Å². The highest BCUT2D eigenvalue weighted by Crippen LogP contribution is 2.30. The van der Waals surface area contributed by atoms with E-state index < -0.39 is 17.9 Å². The Hall–Kier alpha value is -6.43. The number of rotatable bonds is 13. The van der Waals surface area contributed by atoms with Crippen LogP contribution in [-0.4, -0.2) is 23.0 Å².